The number of hydrogen-bond acceptors (Lipinski definition) is 3. The number of hydrogen-bond donors (Lipinski definition) is 3. The molecular formula is C12H29N3. The van der Waals surface area contributed by atoms with E-state index in [1.807, 2.05) is 0 Å². The average Bonchev–Trinajstić information content (AvgIpc) is 2.24. The molecule has 0 aliphatic heterocycles. The van der Waals surface area contributed by atoms with E-state index in [0.29, 0.717) is 12.1 Å². The minimum atomic E-state index is 0.565. The molecule has 0 amide bonds. The van der Waals surface area contributed by atoms with Gasteiger partial charge in [0.1, 0.15) is 0 Å². The molecule has 0 aromatic heterocycles. The second kappa shape index (κ2) is 10.4. The lowest BCUT2D eigenvalue weighted by molar-refractivity contribution is 0.469. The molecule has 15 heavy (non-hydrogen) atoms. The summed E-state index contributed by atoms with van der Waals surface area (Å²) in [7, 11) is 0. The molecule has 2 atom stereocenters. The smallest absolute Gasteiger partial charge is 0.0164 e. The Labute approximate surface area is 95.4 Å². The lowest BCUT2D eigenvalue weighted by Gasteiger charge is -2.16. The predicted molar refractivity (Wildman–Crippen MR) is 68.4 cm³/mol. The third kappa shape index (κ3) is 10.2. The molecule has 0 aliphatic rings. The van der Waals surface area contributed by atoms with Crippen molar-refractivity contribution in [3.63, 3.8) is 0 Å². The summed E-state index contributed by atoms with van der Waals surface area (Å²) in [5.74, 6) is 0. The number of nitrogens with one attached hydrogen (secondary N) is 3. The Morgan fingerprint density at radius 3 is 2.00 bits per heavy atom. The Bertz CT molecular complexity index is 128. The maximum absolute atomic E-state index is 3.50. The zero-order chi connectivity index (χ0) is 11.5. The molecule has 0 saturated heterocycles. The highest BCUT2D eigenvalue weighted by Crippen LogP contribution is 1.85. The highest BCUT2D eigenvalue weighted by molar-refractivity contribution is 4.65. The highest BCUT2D eigenvalue weighted by Gasteiger charge is 2.00. The topological polar surface area (TPSA) is 36.1 Å². The first kappa shape index (κ1) is 14.9. The van der Waals surface area contributed by atoms with Crippen molar-refractivity contribution in [1.82, 2.24) is 16.0 Å². The van der Waals surface area contributed by atoms with Crippen LogP contribution in [0, 0.1) is 0 Å². The van der Waals surface area contributed by atoms with Crippen molar-refractivity contribution in [2.45, 2.75) is 52.6 Å². The van der Waals surface area contributed by atoms with Gasteiger partial charge in [-0.15, -0.1) is 0 Å². The monoisotopic (exact) mass is 215 g/mol. The van der Waals surface area contributed by atoms with Crippen LogP contribution in [0.4, 0.5) is 0 Å². The summed E-state index contributed by atoms with van der Waals surface area (Å²) in [6.07, 6.45) is 2.41. The quantitative estimate of drug-likeness (QED) is 0.482. The van der Waals surface area contributed by atoms with Gasteiger partial charge in [0.2, 0.25) is 0 Å². The standard InChI is InChI=1S/C12H29N3/c1-5-7-13-10-12(4)15-9-8-14-11(3)6-2/h11-15H,5-10H2,1-4H3/t11?,12-/m0/s1. The largest absolute Gasteiger partial charge is 0.315 e. The van der Waals surface area contributed by atoms with Gasteiger partial charge in [0.25, 0.3) is 0 Å². The van der Waals surface area contributed by atoms with Crippen LogP contribution in [0.25, 0.3) is 0 Å². The molecule has 0 spiro atoms. The highest BCUT2D eigenvalue weighted by atomic mass is 15.0. The van der Waals surface area contributed by atoms with Crippen LogP contribution >= 0.6 is 0 Å². The Kier molecular flexibility index (Phi) is 10.3. The van der Waals surface area contributed by atoms with E-state index >= 15 is 0 Å². The van der Waals surface area contributed by atoms with Gasteiger partial charge in [-0.05, 0) is 33.2 Å². The summed E-state index contributed by atoms with van der Waals surface area (Å²) in [6.45, 7) is 13.2. The van der Waals surface area contributed by atoms with Crippen LogP contribution in [0.3, 0.4) is 0 Å². The van der Waals surface area contributed by atoms with Gasteiger partial charge in [-0.3, -0.25) is 0 Å². The molecular weight excluding hydrogens is 186 g/mol. The molecule has 0 heterocycles. The first-order valence-electron chi connectivity index (χ1n) is 6.38. The maximum atomic E-state index is 3.50. The van der Waals surface area contributed by atoms with Crippen LogP contribution in [-0.2, 0) is 0 Å². The third-order valence-electron chi connectivity index (χ3n) is 2.60. The molecule has 0 fully saturated rings. The molecule has 3 N–H and O–H groups in total. The van der Waals surface area contributed by atoms with Crippen molar-refractivity contribution in [1.29, 1.82) is 0 Å². The molecule has 0 saturated carbocycles. The molecule has 3 nitrogen and oxygen atoms in total. The Hall–Kier alpha value is -0.120. The molecule has 3 heteroatoms. The van der Waals surface area contributed by atoms with Crippen LogP contribution in [0.5, 0.6) is 0 Å². The van der Waals surface area contributed by atoms with Gasteiger partial charge in [-0.25, -0.2) is 0 Å². The summed E-state index contributed by atoms with van der Waals surface area (Å²) in [4.78, 5) is 0. The summed E-state index contributed by atoms with van der Waals surface area (Å²) in [5.41, 5.74) is 0. The van der Waals surface area contributed by atoms with Gasteiger partial charge < -0.3 is 16.0 Å². The fourth-order valence-electron chi connectivity index (χ4n) is 1.35. The van der Waals surface area contributed by atoms with Crippen molar-refractivity contribution < 1.29 is 0 Å². The lowest BCUT2D eigenvalue weighted by atomic mass is 10.2. The van der Waals surface area contributed by atoms with Gasteiger partial charge in [-0.1, -0.05) is 13.8 Å². The van der Waals surface area contributed by atoms with E-state index in [-0.39, 0.29) is 0 Å². The van der Waals surface area contributed by atoms with Crippen LogP contribution in [0.2, 0.25) is 0 Å². The van der Waals surface area contributed by atoms with E-state index in [0.717, 1.165) is 26.2 Å². The van der Waals surface area contributed by atoms with E-state index in [1.54, 1.807) is 0 Å². The van der Waals surface area contributed by atoms with Crippen molar-refractivity contribution in [2.24, 2.45) is 0 Å². The molecule has 0 aliphatic carbocycles. The Morgan fingerprint density at radius 1 is 0.867 bits per heavy atom. The van der Waals surface area contributed by atoms with E-state index in [4.69, 9.17) is 0 Å². The fraction of sp³-hybridized carbons (Fsp3) is 1.00. The van der Waals surface area contributed by atoms with Gasteiger partial charge in [0, 0.05) is 31.7 Å². The van der Waals surface area contributed by atoms with Gasteiger partial charge >= 0.3 is 0 Å². The van der Waals surface area contributed by atoms with Crippen molar-refractivity contribution in [3.05, 3.63) is 0 Å². The minimum absolute atomic E-state index is 0.565. The first-order valence-corrected chi connectivity index (χ1v) is 6.38. The SMILES string of the molecule is CCCNC[C@H](C)NCCNC(C)CC. The van der Waals surface area contributed by atoms with Crippen LogP contribution < -0.4 is 16.0 Å². The summed E-state index contributed by atoms with van der Waals surface area (Å²) >= 11 is 0. The molecule has 0 aromatic rings. The van der Waals surface area contributed by atoms with Crippen LogP contribution in [0.1, 0.15) is 40.5 Å². The Balaban J connectivity index is 3.19. The van der Waals surface area contributed by atoms with Crippen molar-refractivity contribution >= 4 is 0 Å². The fourth-order valence-corrected chi connectivity index (χ4v) is 1.35. The Morgan fingerprint density at radius 2 is 1.47 bits per heavy atom. The van der Waals surface area contributed by atoms with Crippen LogP contribution in [0.15, 0.2) is 0 Å². The van der Waals surface area contributed by atoms with E-state index in [2.05, 4.69) is 43.6 Å². The minimum Gasteiger partial charge on any atom is -0.315 e. The zero-order valence-corrected chi connectivity index (χ0v) is 10.9. The molecule has 1 unspecified atom stereocenters. The maximum Gasteiger partial charge on any atom is 0.0164 e. The average molecular weight is 215 g/mol. The van der Waals surface area contributed by atoms with E-state index < -0.39 is 0 Å². The van der Waals surface area contributed by atoms with E-state index in [1.165, 1.54) is 12.8 Å². The van der Waals surface area contributed by atoms with Gasteiger partial charge in [0.05, 0.1) is 0 Å². The molecule has 0 radical (unpaired) electrons. The number of rotatable bonds is 10. The predicted octanol–water partition coefficient (Wildman–Crippen LogP) is 1.35. The molecule has 0 bridgehead atoms. The van der Waals surface area contributed by atoms with Crippen LogP contribution in [-0.4, -0.2) is 38.3 Å². The van der Waals surface area contributed by atoms with Crippen molar-refractivity contribution in [3.8, 4) is 0 Å². The van der Waals surface area contributed by atoms with Gasteiger partial charge in [0.15, 0.2) is 0 Å². The molecule has 0 rings (SSSR count). The zero-order valence-electron chi connectivity index (χ0n) is 10.9. The molecule has 0 aromatic carbocycles. The second-order valence-corrected chi connectivity index (χ2v) is 4.32. The second-order valence-electron chi connectivity index (χ2n) is 4.32. The van der Waals surface area contributed by atoms with Gasteiger partial charge in [-0.2, -0.15) is 0 Å². The molecule has 92 valence electrons. The summed E-state index contributed by atoms with van der Waals surface area (Å²) < 4.78 is 0. The van der Waals surface area contributed by atoms with E-state index in [9.17, 15) is 0 Å². The van der Waals surface area contributed by atoms with Crippen molar-refractivity contribution in [2.75, 3.05) is 26.2 Å². The first-order chi connectivity index (χ1) is 7.20. The third-order valence-corrected chi connectivity index (χ3v) is 2.60. The normalized spacial score (nSPS) is 15.2. The summed E-state index contributed by atoms with van der Waals surface area (Å²) in [5, 5.41) is 10.4. The summed E-state index contributed by atoms with van der Waals surface area (Å²) in [6, 6.07) is 1.20. The lowest BCUT2D eigenvalue weighted by Crippen LogP contribution is -2.41.